The first-order valence-corrected chi connectivity index (χ1v) is 21.2. The van der Waals surface area contributed by atoms with Gasteiger partial charge in [-0.2, -0.15) is 8.42 Å². The van der Waals surface area contributed by atoms with Crippen LogP contribution in [0.15, 0.2) is 73.8 Å². The lowest BCUT2D eigenvalue weighted by molar-refractivity contribution is -0.222. The SMILES string of the molecule is Nc1ccccc1C(=O)NS(=O)(=O)OC[C@H]1O[C@@H](n2cnc3c(N)ncnc32)[C@H](O)[C@@H]1O.Nc1ccccc1C(=O)OP(=O)([O-])OC[C@H]1O[C@@H](n2cnc3c(N)ncnc32)[C@H](O)[C@@H]1O. The molecule has 2 aliphatic heterocycles. The molecule has 2 aliphatic rings. The number of aliphatic hydroxyl groups excluding tert-OH is 4. The number of nitrogen functional groups attached to an aromatic ring is 4. The molecule has 0 radical (unpaired) electrons. The number of nitrogens with zero attached hydrogens (tertiary/aromatic N) is 8. The predicted octanol–water partition coefficient (Wildman–Crippen LogP) is -2.75. The number of carbonyl (C=O) groups excluding carboxylic acids is 2. The summed E-state index contributed by atoms with van der Waals surface area (Å²) < 4.78 is 65.7. The van der Waals surface area contributed by atoms with Crippen LogP contribution in [-0.2, 0) is 37.6 Å². The Balaban J connectivity index is 0.000000191. The Morgan fingerprint density at radius 3 is 1.69 bits per heavy atom. The number of nitrogens with one attached hydrogen (secondary N) is 1. The summed E-state index contributed by atoms with van der Waals surface area (Å²) in [5.41, 5.74) is 23.6. The highest BCUT2D eigenvalue weighted by Crippen LogP contribution is 2.42. The van der Waals surface area contributed by atoms with Gasteiger partial charge in [-0.15, -0.1) is 0 Å². The number of aromatic nitrogens is 8. The van der Waals surface area contributed by atoms with E-state index in [4.69, 9.17) is 36.6 Å². The summed E-state index contributed by atoms with van der Waals surface area (Å²) >= 11 is 0. The average molecular weight is 931 g/mol. The van der Waals surface area contributed by atoms with Crippen LogP contribution in [0.5, 0.6) is 0 Å². The van der Waals surface area contributed by atoms with Crippen LogP contribution in [0.1, 0.15) is 33.2 Å². The number of amides is 1. The van der Waals surface area contributed by atoms with Gasteiger partial charge in [0, 0.05) is 11.4 Å². The molecule has 64 heavy (non-hydrogen) atoms. The highest BCUT2D eigenvalue weighted by atomic mass is 32.2. The Labute approximate surface area is 359 Å². The molecule has 1 amide bonds. The Morgan fingerprint density at radius 1 is 0.719 bits per heavy atom. The number of rotatable bonds is 12. The van der Waals surface area contributed by atoms with Gasteiger partial charge in [0.1, 0.15) is 60.3 Å². The van der Waals surface area contributed by atoms with Crippen molar-refractivity contribution >= 4 is 75.3 Å². The Bertz CT molecular complexity index is 2850. The van der Waals surface area contributed by atoms with Gasteiger partial charge in [0.25, 0.3) is 5.91 Å². The summed E-state index contributed by atoms with van der Waals surface area (Å²) in [6.45, 7) is -1.43. The maximum Gasteiger partial charge on any atom is 0.362 e. The fraction of sp³-hybridized carbons (Fsp3) is 0.294. The Kier molecular flexibility index (Phi) is 13.0. The van der Waals surface area contributed by atoms with Gasteiger partial charge in [0.05, 0.1) is 37.0 Å². The molecular formula is C34H37N13O15PS-. The van der Waals surface area contributed by atoms with Crippen molar-refractivity contribution in [3.8, 4) is 0 Å². The molecule has 2 fully saturated rings. The second-order valence-corrected chi connectivity index (χ2v) is 16.4. The van der Waals surface area contributed by atoms with Crippen LogP contribution in [-0.4, -0.2) is 130 Å². The number of para-hydroxylation sites is 2. The van der Waals surface area contributed by atoms with Crippen molar-refractivity contribution in [2.75, 3.05) is 36.1 Å². The fourth-order valence-electron chi connectivity index (χ4n) is 6.39. The summed E-state index contributed by atoms with van der Waals surface area (Å²) in [6.07, 6.45) is -5.87. The molecule has 9 atom stereocenters. The second kappa shape index (κ2) is 18.3. The van der Waals surface area contributed by atoms with Crippen molar-refractivity contribution in [3.63, 3.8) is 0 Å². The molecule has 2 saturated heterocycles. The van der Waals surface area contributed by atoms with Crippen molar-refractivity contribution in [1.82, 2.24) is 43.8 Å². The molecule has 28 nitrogen and oxygen atoms in total. The zero-order valence-electron chi connectivity index (χ0n) is 32.5. The number of hydrogen-bond acceptors (Lipinski definition) is 25. The van der Waals surface area contributed by atoms with Crippen molar-refractivity contribution in [3.05, 3.63) is 85.0 Å². The number of benzene rings is 2. The summed E-state index contributed by atoms with van der Waals surface area (Å²) in [5, 5.41) is 41.4. The average Bonchev–Trinajstić information content (AvgIpc) is 4.02. The molecule has 4 aromatic heterocycles. The molecule has 13 N–H and O–H groups in total. The number of hydrogen-bond donors (Lipinski definition) is 9. The molecule has 0 aliphatic carbocycles. The summed E-state index contributed by atoms with van der Waals surface area (Å²) in [4.78, 5) is 60.1. The number of aliphatic hydroxyl groups is 4. The Hall–Kier alpha value is -6.50. The molecule has 2 aromatic carbocycles. The first-order valence-electron chi connectivity index (χ1n) is 18.3. The summed E-state index contributed by atoms with van der Waals surface area (Å²) in [5.74, 6) is -2.00. The molecule has 340 valence electrons. The van der Waals surface area contributed by atoms with E-state index in [1.54, 1.807) is 16.9 Å². The first-order chi connectivity index (χ1) is 30.4. The van der Waals surface area contributed by atoms with Gasteiger partial charge in [0.2, 0.25) is 0 Å². The van der Waals surface area contributed by atoms with Gasteiger partial charge in [-0.05, 0) is 24.3 Å². The van der Waals surface area contributed by atoms with E-state index in [0.29, 0.717) is 0 Å². The molecule has 1 unspecified atom stereocenters. The minimum Gasteiger partial charge on any atom is -0.746 e. The van der Waals surface area contributed by atoms with Gasteiger partial charge >= 0.3 is 24.1 Å². The van der Waals surface area contributed by atoms with Crippen LogP contribution in [0.3, 0.4) is 0 Å². The number of ether oxygens (including phenoxy) is 2. The zero-order valence-corrected chi connectivity index (χ0v) is 34.2. The van der Waals surface area contributed by atoms with Crippen LogP contribution in [0.2, 0.25) is 0 Å². The molecule has 0 spiro atoms. The van der Waals surface area contributed by atoms with E-state index in [0.717, 1.165) is 0 Å². The zero-order chi connectivity index (χ0) is 46.1. The number of fused-ring (bicyclic) bond motifs is 2. The minimum atomic E-state index is -5.14. The molecule has 8 rings (SSSR count). The van der Waals surface area contributed by atoms with Crippen molar-refractivity contribution in [2.45, 2.75) is 49.1 Å². The van der Waals surface area contributed by atoms with Crippen LogP contribution < -0.4 is 32.6 Å². The smallest absolute Gasteiger partial charge is 0.362 e. The maximum absolute atomic E-state index is 12.2. The quantitative estimate of drug-likeness (QED) is 0.0444. The highest BCUT2D eigenvalue weighted by Gasteiger charge is 2.46. The molecule has 0 saturated carbocycles. The van der Waals surface area contributed by atoms with Gasteiger partial charge < -0.3 is 66.8 Å². The minimum absolute atomic E-state index is 0.0232. The summed E-state index contributed by atoms with van der Waals surface area (Å²) in [7, 11) is -9.71. The molecular weight excluding hydrogens is 893 g/mol. The number of nitrogens with two attached hydrogens (primary N) is 4. The van der Waals surface area contributed by atoms with Crippen LogP contribution >= 0.6 is 7.82 Å². The van der Waals surface area contributed by atoms with Gasteiger partial charge in [-0.3, -0.25) is 22.7 Å². The number of anilines is 4. The van der Waals surface area contributed by atoms with Crippen molar-refractivity contribution in [2.24, 2.45) is 0 Å². The van der Waals surface area contributed by atoms with E-state index in [2.05, 4.69) is 39.0 Å². The van der Waals surface area contributed by atoms with Crippen LogP contribution in [0.25, 0.3) is 22.3 Å². The number of phosphoric ester groups is 1. The lowest BCUT2D eigenvalue weighted by Gasteiger charge is -2.24. The van der Waals surface area contributed by atoms with E-state index in [1.807, 2.05) is 0 Å². The lowest BCUT2D eigenvalue weighted by atomic mass is 10.1. The monoisotopic (exact) mass is 930 g/mol. The Morgan fingerprint density at radius 2 is 1.19 bits per heavy atom. The van der Waals surface area contributed by atoms with Gasteiger partial charge in [-0.25, -0.2) is 39.4 Å². The third-order valence-corrected chi connectivity index (χ3v) is 11.3. The van der Waals surface area contributed by atoms with Gasteiger partial charge in [0.15, 0.2) is 35.4 Å². The van der Waals surface area contributed by atoms with E-state index in [-0.39, 0.29) is 56.5 Å². The molecule has 0 bridgehead atoms. The third-order valence-electron chi connectivity index (χ3n) is 9.58. The molecule has 6 aromatic rings. The maximum atomic E-state index is 12.2. The lowest BCUT2D eigenvalue weighted by Crippen LogP contribution is -2.38. The fourth-order valence-corrected chi connectivity index (χ4v) is 7.78. The number of carbonyl (C=O) groups is 2. The standard InChI is InChI=1S/C17H19N7O7S.C17H19N6O8P/c18-9-4-2-1-3-8(9)16(27)23-32(28,29)30-5-10-12(25)13(26)17(31-10)24-7-22-11-14(19)20-6-21-15(11)24;18-9-4-2-1-3-8(9)17(26)31-32(27,28)29-5-10-12(24)13(25)16(30-10)23-7-22-11-14(19)20-6-21-15(11)23/h1-4,6-7,10,12-13,17,25-26H,5,18H2,(H,23,27)(H2,19,20,21);1-4,6-7,10,12-13,16,24-25H,5,18H2,(H,27,28)(H2,19,20,21)/p-1/t10-,12-,13-,17-;10-,12-,13-,16-/m11/s1. The van der Waals surface area contributed by atoms with E-state index in [9.17, 15) is 47.9 Å². The molecule has 30 heteroatoms. The number of imidazole rings is 2. The van der Waals surface area contributed by atoms with E-state index >= 15 is 0 Å². The summed E-state index contributed by atoms with van der Waals surface area (Å²) in [6, 6.07) is 11.6. The van der Waals surface area contributed by atoms with Gasteiger partial charge in [-0.1, -0.05) is 24.3 Å². The predicted molar refractivity (Wildman–Crippen MR) is 214 cm³/mol. The van der Waals surface area contributed by atoms with E-state index in [1.165, 1.54) is 70.8 Å². The third kappa shape index (κ3) is 9.53. The number of phosphoric acid groups is 1. The normalized spacial score (nSPS) is 24.2. The molecule has 6 heterocycles. The highest BCUT2D eigenvalue weighted by molar-refractivity contribution is 7.85. The van der Waals surface area contributed by atoms with Crippen LogP contribution in [0.4, 0.5) is 23.0 Å². The van der Waals surface area contributed by atoms with Crippen molar-refractivity contribution in [1.29, 1.82) is 0 Å². The largest absolute Gasteiger partial charge is 0.746 e. The first kappa shape index (κ1) is 45.5. The van der Waals surface area contributed by atoms with Crippen LogP contribution in [0, 0.1) is 0 Å². The van der Waals surface area contributed by atoms with E-state index < -0.39 is 92.3 Å². The second-order valence-electron chi connectivity index (χ2n) is 13.7. The van der Waals surface area contributed by atoms with Crippen molar-refractivity contribution < 1.29 is 70.6 Å². The topological polar surface area (TPSA) is 439 Å².